The first-order valence-corrected chi connectivity index (χ1v) is 5.50. The summed E-state index contributed by atoms with van der Waals surface area (Å²) < 4.78 is 5.59. The zero-order chi connectivity index (χ0) is 10.4. The summed E-state index contributed by atoms with van der Waals surface area (Å²) in [5.41, 5.74) is 0. The van der Waals surface area contributed by atoms with Gasteiger partial charge >= 0.3 is 0 Å². The quantitative estimate of drug-likeness (QED) is 0.744. The minimum absolute atomic E-state index is 0.109. The molecule has 3 unspecified atom stereocenters. The van der Waals surface area contributed by atoms with Crippen LogP contribution in [-0.4, -0.2) is 25.3 Å². The highest BCUT2D eigenvalue weighted by molar-refractivity contribution is 4.83. The van der Waals surface area contributed by atoms with Crippen molar-refractivity contribution in [2.45, 2.75) is 45.3 Å². The molecule has 1 rings (SSSR count). The van der Waals surface area contributed by atoms with Crippen LogP contribution in [0.15, 0.2) is 0 Å². The van der Waals surface area contributed by atoms with E-state index in [1.54, 1.807) is 0 Å². The van der Waals surface area contributed by atoms with Gasteiger partial charge in [0.15, 0.2) is 0 Å². The molecule has 3 atom stereocenters. The third kappa shape index (κ3) is 3.65. The fraction of sp³-hybridized carbons (Fsp3) is 0.909. The van der Waals surface area contributed by atoms with Gasteiger partial charge in [0.1, 0.15) is 0 Å². The standard InChI is InChI=1S/C11H20N2O/c1-3-11-6-10(4-5-14-11)13-8-9(2)7-12/h9-11,13H,3-6,8H2,1-2H3. The molecule has 0 spiro atoms. The zero-order valence-electron chi connectivity index (χ0n) is 9.12. The smallest absolute Gasteiger partial charge is 0.0666 e. The third-order valence-electron chi connectivity index (χ3n) is 2.76. The van der Waals surface area contributed by atoms with Crippen LogP contribution in [0.4, 0.5) is 0 Å². The van der Waals surface area contributed by atoms with E-state index >= 15 is 0 Å². The summed E-state index contributed by atoms with van der Waals surface area (Å²) >= 11 is 0. The van der Waals surface area contributed by atoms with E-state index in [-0.39, 0.29) is 5.92 Å². The number of nitriles is 1. The Morgan fingerprint density at radius 3 is 3.07 bits per heavy atom. The lowest BCUT2D eigenvalue weighted by molar-refractivity contribution is -0.000235. The van der Waals surface area contributed by atoms with Gasteiger partial charge < -0.3 is 10.1 Å². The fourth-order valence-electron chi connectivity index (χ4n) is 1.74. The van der Waals surface area contributed by atoms with E-state index in [0.29, 0.717) is 12.1 Å². The fourth-order valence-corrected chi connectivity index (χ4v) is 1.74. The molecule has 1 heterocycles. The Kier molecular flexibility index (Phi) is 4.92. The van der Waals surface area contributed by atoms with Crippen molar-refractivity contribution in [3.63, 3.8) is 0 Å². The number of hydrogen-bond acceptors (Lipinski definition) is 3. The number of hydrogen-bond donors (Lipinski definition) is 1. The van der Waals surface area contributed by atoms with E-state index in [1.165, 1.54) is 0 Å². The van der Waals surface area contributed by atoms with Crippen LogP contribution in [0.1, 0.15) is 33.1 Å². The topological polar surface area (TPSA) is 45.0 Å². The molecule has 3 heteroatoms. The van der Waals surface area contributed by atoms with Crippen LogP contribution in [0, 0.1) is 17.2 Å². The average Bonchev–Trinajstić information content (AvgIpc) is 2.26. The van der Waals surface area contributed by atoms with E-state index in [1.807, 2.05) is 6.92 Å². The molecule has 0 aliphatic carbocycles. The van der Waals surface area contributed by atoms with Crippen LogP contribution in [0.5, 0.6) is 0 Å². The predicted octanol–water partition coefficient (Wildman–Crippen LogP) is 1.69. The van der Waals surface area contributed by atoms with Gasteiger partial charge in [-0.2, -0.15) is 5.26 Å². The molecule has 14 heavy (non-hydrogen) atoms. The maximum atomic E-state index is 8.65. The van der Waals surface area contributed by atoms with E-state index < -0.39 is 0 Å². The molecule has 1 saturated heterocycles. The molecule has 0 saturated carbocycles. The highest BCUT2D eigenvalue weighted by Gasteiger charge is 2.20. The van der Waals surface area contributed by atoms with Crippen LogP contribution >= 0.6 is 0 Å². The summed E-state index contributed by atoms with van der Waals surface area (Å²) in [7, 11) is 0. The van der Waals surface area contributed by atoms with Crippen molar-refractivity contribution in [1.29, 1.82) is 5.26 Å². The van der Waals surface area contributed by atoms with Crippen molar-refractivity contribution in [3.05, 3.63) is 0 Å². The Labute approximate surface area is 86.4 Å². The van der Waals surface area contributed by atoms with Crippen molar-refractivity contribution in [1.82, 2.24) is 5.32 Å². The lowest BCUT2D eigenvalue weighted by Crippen LogP contribution is -2.40. The van der Waals surface area contributed by atoms with Gasteiger partial charge in [0.05, 0.1) is 18.1 Å². The van der Waals surface area contributed by atoms with E-state index in [9.17, 15) is 0 Å². The number of ether oxygens (including phenoxy) is 1. The van der Waals surface area contributed by atoms with Gasteiger partial charge in [0.2, 0.25) is 0 Å². The summed E-state index contributed by atoms with van der Waals surface area (Å²) in [4.78, 5) is 0. The monoisotopic (exact) mass is 196 g/mol. The molecule has 1 fully saturated rings. The van der Waals surface area contributed by atoms with Crippen LogP contribution in [0.2, 0.25) is 0 Å². The van der Waals surface area contributed by atoms with Crippen LogP contribution < -0.4 is 5.32 Å². The van der Waals surface area contributed by atoms with Crippen LogP contribution in [0.3, 0.4) is 0 Å². The third-order valence-corrected chi connectivity index (χ3v) is 2.76. The van der Waals surface area contributed by atoms with Gasteiger partial charge in [-0.25, -0.2) is 0 Å². The molecule has 0 aromatic heterocycles. The van der Waals surface area contributed by atoms with Crippen molar-refractivity contribution < 1.29 is 4.74 Å². The Morgan fingerprint density at radius 1 is 1.64 bits per heavy atom. The number of nitrogens with one attached hydrogen (secondary N) is 1. The van der Waals surface area contributed by atoms with Crippen LogP contribution in [-0.2, 0) is 4.74 Å². The van der Waals surface area contributed by atoms with Crippen molar-refractivity contribution in [2.75, 3.05) is 13.2 Å². The molecule has 3 nitrogen and oxygen atoms in total. The summed E-state index contributed by atoms with van der Waals surface area (Å²) in [6.45, 7) is 5.77. The van der Waals surface area contributed by atoms with Crippen molar-refractivity contribution in [3.8, 4) is 6.07 Å². The first-order valence-electron chi connectivity index (χ1n) is 5.50. The normalized spacial score (nSPS) is 29.5. The summed E-state index contributed by atoms with van der Waals surface area (Å²) in [6.07, 6.45) is 3.67. The van der Waals surface area contributed by atoms with Gasteiger partial charge in [0.25, 0.3) is 0 Å². The lowest BCUT2D eigenvalue weighted by atomic mass is 10.0. The van der Waals surface area contributed by atoms with E-state index in [2.05, 4.69) is 18.3 Å². The molecular weight excluding hydrogens is 176 g/mol. The molecule has 80 valence electrons. The number of nitrogens with zero attached hydrogens (tertiary/aromatic N) is 1. The second-order valence-corrected chi connectivity index (χ2v) is 4.06. The zero-order valence-corrected chi connectivity index (χ0v) is 9.12. The second-order valence-electron chi connectivity index (χ2n) is 4.06. The largest absolute Gasteiger partial charge is 0.378 e. The lowest BCUT2D eigenvalue weighted by Gasteiger charge is -2.29. The predicted molar refractivity (Wildman–Crippen MR) is 55.8 cm³/mol. The van der Waals surface area contributed by atoms with Gasteiger partial charge in [-0.1, -0.05) is 6.92 Å². The van der Waals surface area contributed by atoms with Gasteiger partial charge in [-0.15, -0.1) is 0 Å². The molecular formula is C11H20N2O. The highest BCUT2D eigenvalue weighted by Crippen LogP contribution is 2.16. The first-order chi connectivity index (χ1) is 6.76. The Hall–Kier alpha value is -0.590. The van der Waals surface area contributed by atoms with Crippen LogP contribution in [0.25, 0.3) is 0 Å². The average molecular weight is 196 g/mol. The molecule has 0 aromatic rings. The molecule has 0 aromatic carbocycles. The maximum absolute atomic E-state index is 8.65. The molecule has 1 aliphatic rings. The molecule has 1 N–H and O–H groups in total. The van der Waals surface area contributed by atoms with Crippen molar-refractivity contribution >= 4 is 0 Å². The summed E-state index contributed by atoms with van der Waals surface area (Å²) in [6, 6.07) is 2.78. The maximum Gasteiger partial charge on any atom is 0.0666 e. The van der Waals surface area contributed by atoms with Gasteiger partial charge in [0, 0.05) is 19.2 Å². The van der Waals surface area contributed by atoms with Crippen molar-refractivity contribution in [2.24, 2.45) is 5.92 Å². The Morgan fingerprint density at radius 2 is 2.43 bits per heavy atom. The SMILES string of the molecule is CCC1CC(NCC(C)C#N)CCO1. The molecule has 0 radical (unpaired) electrons. The second kappa shape index (κ2) is 6.00. The van der Waals surface area contributed by atoms with Gasteiger partial charge in [-0.05, 0) is 26.2 Å². The van der Waals surface area contributed by atoms with E-state index in [0.717, 1.165) is 32.4 Å². The highest BCUT2D eigenvalue weighted by atomic mass is 16.5. The van der Waals surface area contributed by atoms with Gasteiger partial charge in [-0.3, -0.25) is 0 Å². The minimum Gasteiger partial charge on any atom is -0.378 e. The summed E-state index contributed by atoms with van der Waals surface area (Å²) in [5.74, 6) is 0.109. The minimum atomic E-state index is 0.109. The molecule has 0 bridgehead atoms. The van der Waals surface area contributed by atoms with E-state index in [4.69, 9.17) is 10.00 Å². The first kappa shape index (κ1) is 11.5. The molecule has 1 aliphatic heterocycles. The Bertz CT molecular complexity index is 200. The Balaban J connectivity index is 2.21. The summed E-state index contributed by atoms with van der Waals surface area (Å²) in [5, 5.41) is 12.1. The number of rotatable bonds is 4. The molecule has 0 amide bonds.